The molecule has 0 unspecified atom stereocenters. The van der Waals surface area contributed by atoms with Crippen molar-refractivity contribution in [3.05, 3.63) is 128 Å². The Balaban J connectivity index is 0.00000267. The maximum absolute atomic E-state index is 6.32. The standard InChI is InChI=1S/C36H19N3OS.Pd/c1-4-14-34-26(10-1)28-20-33-27(21-35(28)41-34)25-16-15-24(19-29(25)36-38-31-12-2-3-13-32(31)39(33)36)40-23-9-7-8-22(18-23)30-11-5-6-17-37-30;/h1-17,20-21H;/q-2;+2. The molecule has 0 atom stereocenters. The van der Waals surface area contributed by atoms with Crippen LogP contribution in [0.25, 0.3) is 69.8 Å². The minimum Gasteiger partial charge on any atom is -0.497 e. The Morgan fingerprint density at radius 2 is 1.50 bits per heavy atom. The Labute approximate surface area is 258 Å². The molecular weight excluding hydrogens is 629 g/mol. The summed E-state index contributed by atoms with van der Waals surface area (Å²) in [4.78, 5) is 9.54. The number of aromatic nitrogens is 3. The van der Waals surface area contributed by atoms with Crippen molar-refractivity contribution in [3.63, 3.8) is 0 Å². The van der Waals surface area contributed by atoms with Gasteiger partial charge in [-0.15, -0.1) is 41.2 Å². The first-order valence-corrected chi connectivity index (χ1v) is 14.2. The van der Waals surface area contributed by atoms with Crippen molar-refractivity contribution in [2.75, 3.05) is 0 Å². The van der Waals surface area contributed by atoms with Gasteiger partial charge in [0, 0.05) is 43.4 Å². The summed E-state index contributed by atoms with van der Waals surface area (Å²) in [6, 6.07) is 44.3. The van der Waals surface area contributed by atoms with Crippen LogP contribution in [0.3, 0.4) is 0 Å². The monoisotopic (exact) mass is 647 g/mol. The summed E-state index contributed by atoms with van der Waals surface area (Å²) in [5, 5.41) is 5.74. The van der Waals surface area contributed by atoms with Crippen LogP contribution in [-0.4, -0.2) is 14.4 Å². The second-order valence-electron chi connectivity index (χ2n) is 10.1. The van der Waals surface area contributed by atoms with Gasteiger partial charge in [-0.1, -0.05) is 71.4 Å². The molecule has 9 aromatic rings. The van der Waals surface area contributed by atoms with E-state index in [1.54, 1.807) is 6.20 Å². The summed E-state index contributed by atoms with van der Waals surface area (Å²) >= 11 is 1.83. The molecule has 9 rings (SSSR count). The third-order valence-corrected chi connectivity index (χ3v) is 8.79. The van der Waals surface area contributed by atoms with Gasteiger partial charge in [0.15, 0.2) is 0 Å². The van der Waals surface area contributed by atoms with E-state index in [-0.39, 0.29) is 20.4 Å². The number of fused-ring (bicyclic) bond motifs is 11. The summed E-state index contributed by atoms with van der Waals surface area (Å²) in [6.45, 7) is 0. The van der Waals surface area contributed by atoms with Crippen LogP contribution in [0.5, 0.6) is 11.5 Å². The predicted octanol–water partition coefficient (Wildman–Crippen LogP) is 9.61. The molecule has 4 aromatic heterocycles. The molecule has 0 aliphatic heterocycles. The van der Waals surface area contributed by atoms with Gasteiger partial charge >= 0.3 is 20.4 Å². The van der Waals surface area contributed by atoms with Crippen LogP contribution in [0.2, 0.25) is 0 Å². The molecule has 0 aliphatic rings. The number of imidazole rings is 1. The Kier molecular flexibility index (Phi) is 5.84. The molecule has 200 valence electrons. The minimum atomic E-state index is 0. The molecule has 5 aromatic carbocycles. The van der Waals surface area contributed by atoms with Gasteiger partial charge in [0.1, 0.15) is 0 Å². The zero-order valence-corrected chi connectivity index (χ0v) is 24.3. The zero-order valence-electron chi connectivity index (χ0n) is 21.9. The molecule has 4 heterocycles. The topological polar surface area (TPSA) is 39.4 Å². The molecule has 6 heteroatoms. The third kappa shape index (κ3) is 3.84. The van der Waals surface area contributed by atoms with E-state index in [1.807, 2.05) is 59.9 Å². The molecule has 0 bridgehead atoms. The molecule has 0 fully saturated rings. The number of pyridine rings is 2. The first kappa shape index (κ1) is 25.1. The number of hydrogen-bond donors (Lipinski definition) is 0. The molecule has 0 saturated carbocycles. The number of benzene rings is 5. The van der Waals surface area contributed by atoms with E-state index in [2.05, 4.69) is 82.2 Å². The van der Waals surface area contributed by atoms with E-state index >= 15 is 0 Å². The van der Waals surface area contributed by atoms with Gasteiger partial charge in [-0.05, 0) is 47.5 Å². The molecule has 0 N–H and O–H groups in total. The van der Waals surface area contributed by atoms with Crippen molar-refractivity contribution in [2.24, 2.45) is 0 Å². The van der Waals surface area contributed by atoms with Crippen LogP contribution in [0.15, 0.2) is 115 Å². The van der Waals surface area contributed by atoms with E-state index in [4.69, 9.17) is 9.72 Å². The Morgan fingerprint density at radius 3 is 2.43 bits per heavy atom. The quantitative estimate of drug-likeness (QED) is 0.109. The van der Waals surface area contributed by atoms with Crippen LogP contribution in [-0.2, 0) is 20.4 Å². The van der Waals surface area contributed by atoms with Crippen LogP contribution >= 0.6 is 11.3 Å². The van der Waals surface area contributed by atoms with Crippen LogP contribution in [0.1, 0.15) is 0 Å². The molecule has 0 spiro atoms. The zero-order chi connectivity index (χ0) is 26.9. The van der Waals surface area contributed by atoms with Crippen molar-refractivity contribution in [3.8, 4) is 22.8 Å². The number of ether oxygens (including phenoxy) is 1. The van der Waals surface area contributed by atoms with Crippen LogP contribution in [0.4, 0.5) is 0 Å². The second kappa shape index (κ2) is 9.75. The average Bonchev–Trinajstić information content (AvgIpc) is 3.59. The van der Waals surface area contributed by atoms with Gasteiger partial charge in [-0.2, -0.15) is 0 Å². The van der Waals surface area contributed by atoms with Gasteiger partial charge in [-0.25, -0.2) is 0 Å². The van der Waals surface area contributed by atoms with Gasteiger partial charge in [0.2, 0.25) is 0 Å². The van der Waals surface area contributed by atoms with Gasteiger partial charge in [0.05, 0.1) is 16.7 Å². The Bertz CT molecular complexity index is 2460. The van der Waals surface area contributed by atoms with Crippen molar-refractivity contribution in [1.82, 2.24) is 14.4 Å². The SMILES string of the molecule is [Pd+2].[c-]1c(Oc2[c-]c3c(cc2)c2cc4sc5ccccc5c4cc2n2c4ccccc4nc32)cccc1-c1ccccn1. The summed E-state index contributed by atoms with van der Waals surface area (Å²) in [6.07, 6.45) is 1.78. The van der Waals surface area contributed by atoms with E-state index in [0.717, 1.165) is 44.2 Å². The maximum Gasteiger partial charge on any atom is 2.00 e. The largest absolute Gasteiger partial charge is 2.00 e. The summed E-state index contributed by atoms with van der Waals surface area (Å²) in [5.41, 5.74) is 5.76. The maximum atomic E-state index is 6.32. The number of rotatable bonds is 3. The van der Waals surface area contributed by atoms with Gasteiger partial charge in [0.25, 0.3) is 0 Å². The van der Waals surface area contributed by atoms with E-state index in [1.165, 1.54) is 25.6 Å². The van der Waals surface area contributed by atoms with Crippen molar-refractivity contribution in [1.29, 1.82) is 0 Å². The molecule has 42 heavy (non-hydrogen) atoms. The molecule has 0 saturated heterocycles. The van der Waals surface area contributed by atoms with E-state index < -0.39 is 0 Å². The first-order chi connectivity index (χ1) is 20.3. The van der Waals surface area contributed by atoms with Crippen LogP contribution < -0.4 is 4.74 Å². The molecular formula is C36H19N3OPdS. The molecule has 0 aliphatic carbocycles. The normalized spacial score (nSPS) is 11.6. The van der Waals surface area contributed by atoms with E-state index in [0.29, 0.717) is 11.5 Å². The van der Waals surface area contributed by atoms with Gasteiger partial charge in [-0.3, -0.25) is 4.98 Å². The second-order valence-corrected chi connectivity index (χ2v) is 11.2. The number of thiophene rings is 1. The summed E-state index contributed by atoms with van der Waals surface area (Å²) in [7, 11) is 0. The fourth-order valence-electron chi connectivity index (χ4n) is 5.83. The average molecular weight is 648 g/mol. The van der Waals surface area contributed by atoms with Crippen molar-refractivity contribution >= 4 is 69.9 Å². The molecule has 0 radical (unpaired) electrons. The Morgan fingerprint density at radius 1 is 0.643 bits per heavy atom. The fraction of sp³-hybridized carbons (Fsp3) is 0. The summed E-state index contributed by atoms with van der Waals surface area (Å²) in [5.74, 6) is 1.23. The predicted molar refractivity (Wildman–Crippen MR) is 168 cm³/mol. The molecule has 4 nitrogen and oxygen atoms in total. The van der Waals surface area contributed by atoms with Gasteiger partial charge < -0.3 is 14.1 Å². The smallest absolute Gasteiger partial charge is 0.497 e. The third-order valence-electron chi connectivity index (χ3n) is 7.66. The van der Waals surface area contributed by atoms with E-state index in [9.17, 15) is 0 Å². The number of para-hydroxylation sites is 2. The van der Waals surface area contributed by atoms with Crippen molar-refractivity contribution in [2.45, 2.75) is 0 Å². The number of hydrogen-bond acceptors (Lipinski definition) is 4. The summed E-state index contributed by atoms with van der Waals surface area (Å²) < 4.78 is 11.2. The number of nitrogens with zero attached hydrogens (tertiary/aromatic N) is 3. The first-order valence-electron chi connectivity index (χ1n) is 13.4. The van der Waals surface area contributed by atoms with Crippen LogP contribution in [0, 0.1) is 12.1 Å². The molecule has 0 amide bonds. The minimum absolute atomic E-state index is 0. The fourth-order valence-corrected chi connectivity index (χ4v) is 6.96. The Hall–Kier alpha value is -4.60. The van der Waals surface area contributed by atoms with Crippen molar-refractivity contribution < 1.29 is 25.2 Å².